The average Bonchev–Trinajstić information content (AvgIpc) is 2.18. The van der Waals surface area contributed by atoms with Crippen LogP contribution in [0.5, 0.6) is 0 Å². The first kappa shape index (κ1) is 12.4. The van der Waals surface area contributed by atoms with E-state index in [9.17, 15) is 4.79 Å². The van der Waals surface area contributed by atoms with Crippen LogP contribution in [-0.2, 0) is 9.53 Å². The lowest BCUT2D eigenvalue weighted by molar-refractivity contribution is -0.125. The van der Waals surface area contributed by atoms with Crippen LogP contribution >= 0.6 is 0 Å². The largest absolute Gasteiger partial charge is 0.373 e. The summed E-state index contributed by atoms with van der Waals surface area (Å²) in [4.78, 5) is 12.0. The summed E-state index contributed by atoms with van der Waals surface area (Å²) in [7, 11) is 1.62. The molecule has 0 aromatic heterocycles. The molecule has 0 saturated carbocycles. The molecule has 2 nitrogen and oxygen atoms in total. The quantitative estimate of drug-likeness (QED) is 0.712. The third-order valence-electron chi connectivity index (χ3n) is 3.06. The monoisotopic (exact) mass is 210 g/mol. The minimum Gasteiger partial charge on any atom is -0.373 e. The van der Waals surface area contributed by atoms with Crippen LogP contribution in [0.1, 0.15) is 51.9 Å². The van der Waals surface area contributed by atoms with Gasteiger partial charge in [0.1, 0.15) is 6.10 Å². The van der Waals surface area contributed by atoms with E-state index in [4.69, 9.17) is 4.74 Å². The minimum absolute atomic E-state index is 0.210. The van der Waals surface area contributed by atoms with Crippen LogP contribution in [0, 0.1) is 0 Å². The van der Waals surface area contributed by atoms with E-state index in [1.807, 2.05) is 6.92 Å². The zero-order valence-electron chi connectivity index (χ0n) is 9.92. The zero-order chi connectivity index (χ0) is 11.1. The van der Waals surface area contributed by atoms with E-state index < -0.39 is 0 Å². The fourth-order valence-corrected chi connectivity index (χ4v) is 2.08. The van der Waals surface area contributed by atoms with Gasteiger partial charge in [-0.05, 0) is 37.7 Å². The summed E-state index contributed by atoms with van der Waals surface area (Å²) >= 11 is 0. The van der Waals surface area contributed by atoms with E-state index in [0.29, 0.717) is 0 Å². The molecule has 0 N–H and O–H groups in total. The molecule has 0 spiro atoms. The second kappa shape index (κ2) is 6.78. The van der Waals surface area contributed by atoms with Crippen LogP contribution in [0.2, 0.25) is 0 Å². The molecule has 1 aliphatic rings. The van der Waals surface area contributed by atoms with Crippen LogP contribution in [-0.4, -0.2) is 19.0 Å². The summed E-state index contributed by atoms with van der Waals surface area (Å²) in [6, 6.07) is 0. The Kier molecular flexibility index (Phi) is 5.62. The van der Waals surface area contributed by atoms with E-state index in [0.717, 1.165) is 31.3 Å². The molecule has 15 heavy (non-hydrogen) atoms. The van der Waals surface area contributed by atoms with Crippen LogP contribution < -0.4 is 0 Å². The molecule has 0 bridgehead atoms. The summed E-state index contributed by atoms with van der Waals surface area (Å²) in [6.07, 6.45) is 9.61. The van der Waals surface area contributed by atoms with Crippen molar-refractivity contribution in [2.75, 3.05) is 7.11 Å². The highest BCUT2D eigenvalue weighted by Crippen LogP contribution is 2.19. The van der Waals surface area contributed by atoms with E-state index in [1.165, 1.54) is 19.3 Å². The standard InChI is InChI=1S/C13H22O2/c1-3-12(15-2)13(14)11-9-7-5-4-6-8-10-11/h9,12H,3-8,10H2,1-2H3. The first-order valence-corrected chi connectivity index (χ1v) is 6.05. The lowest BCUT2D eigenvalue weighted by Gasteiger charge is -2.16. The molecule has 2 heteroatoms. The van der Waals surface area contributed by atoms with Gasteiger partial charge in [-0.1, -0.05) is 25.8 Å². The Morgan fingerprint density at radius 1 is 1.40 bits per heavy atom. The van der Waals surface area contributed by atoms with Gasteiger partial charge in [0.25, 0.3) is 0 Å². The average molecular weight is 210 g/mol. The third-order valence-corrected chi connectivity index (χ3v) is 3.06. The molecular weight excluding hydrogens is 188 g/mol. The Morgan fingerprint density at radius 3 is 2.80 bits per heavy atom. The fraction of sp³-hybridized carbons (Fsp3) is 0.769. The second-order valence-electron chi connectivity index (χ2n) is 4.18. The Labute approximate surface area is 92.7 Å². The molecule has 1 atom stereocenters. The first-order chi connectivity index (χ1) is 7.29. The highest BCUT2D eigenvalue weighted by atomic mass is 16.5. The third kappa shape index (κ3) is 3.78. The lowest BCUT2D eigenvalue weighted by Crippen LogP contribution is -2.24. The van der Waals surface area contributed by atoms with E-state index >= 15 is 0 Å². The Bertz CT molecular complexity index is 227. The summed E-state index contributed by atoms with van der Waals surface area (Å²) in [5, 5.41) is 0. The number of allylic oxidation sites excluding steroid dienone is 1. The molecule has 0 aromatic rings. The Morgan fingerprint density at radius 2 is 2.13 bits per heavy atom. The van der Waals surface area contributed by atoms with Crippen molar-refractivity contribution >= 4 is 5.78 Å². The molecule has 0 saturated heterocycles. The molecule has 86 valence electrons. The van der Waals surface area contributed by atoms with Crippen molar-refractivity contribution in [1.29, 1.82) is 0 Å². The number of ketones is 1. The number of carbonyl (C=O) groups is 1. The second-order valence-corrected chi connectivity index (χ2v) is 4.18. The van der Waals surface area contributed by atoms with Crippen molar-refractivity contribution in [2.24, 2.45) is 0 Å². The Balaban J connectivity index is 2.62. The van der Waals surface area contributed by atoms with Gasteiger partial charge in [-0.25, -0.2) is 0 Å². The number of carbonyl (C=O) groups excluding carboxylic acids is 1. The molecule has 1 rings (SSSR count). The topological polar surface area (TPSA) is 26.3 Å². The molecule has 0 fully saturated rings. The SMILES string of the molecule is CCC(OC)C(=O)C1=CCCCCCC1. The van der Waals surface area contributed by atoms with Crippen molar-refractivity contribution in [2.45, 2.75) is 58.0 Å². The van der Waals surface area contributed by atoms with Crippen LogP contribution in [0.25, 0.3) is 0 Å². The minimum atomic E-state index is -0.226. The maximum absolute atomic E-state index is 12.0. The van der Waals surface area contributed by atoms with Crippen LogP contribution in [0.3, 0.4) is 0 Å². The predicted molar refractivity (Wildman–Crippen MR) is 61.9 cm³/mol. The van der Waals surface area contributed by atoms with Crippen molar-refractivity contribution < 1.29 is 9.53 Å². The number of hydrogen-bond acceptors (Lipinski definition) is 2. The van der Waals surface area contributed by atoms with Gasteiger partial charge in [-0.2, -0.15) is 0 Å². The van der Waals surface area contributed by atoms with E-state index in [2.05, 4.69) is 6.08 Å². The molecule has 0 aliphatic heterocycles. The maximum Gasteiger partial charge on any atom is 0.187 e. The summed E-state index contributed by atoms with van der Waals surface area (Å²) in [5.41, 5.74) is 1.00. The highest BCUT2D eigenvalue weighted by molar-refractivity contribution is 5.98. The highest BCUT2D eigenvalue weighted by Gasteiger charge is 2.19. The predicted octanol–water partition coefficient (Wildman–Crippen LogP) is 3.26. The van der Waals surface area contributed by atoms with Gasteiger partial charge in [0.2, 0.25) is 0 Å². The van der Waals surface area contributed by atoms with Gasteiger partial charge in [0, 0.05) is 7.11 Å². The molecule has 0 heterocycles. The number of methoxy groups -OCH3 is 1. The summed E-state index contributed by atoms with van der Waals surface area (Å²) in [5.74, 6) is 0.210. The van der Waals surface area contributed by atoms with Gasteiger partial charge < -0.3 is 4.74 Å². The van der Waals surface area contributed by atoms with Crippen LogP contribution in [0.15, 0.2) is 11.6 Å². The van der Waals surface area contributed by atoms with E-state index in [-0.39, 0.29) is 11.9 Å². The molecular formula is C13H22O2. The van der Waals surface area contributed by atoms with Gasteiger partial charge in [0.05, 0.1) is 0 Å². The van der Waals surface area contributed by atoms with Gasteiger partial charge in [0.15, 0.2) is 5.78 Å². The number of Topliss-reactive ketones (excluding diaryl/α,β-unsaturated/α-hetero) is 1. The lowest BCUT2D eigenvalue weighted by atomic mass is 9.94. The smallest absolute Gasteiger partial charge is 0.187 e. The first-order valence-electron chi connectivity index (χ1n) is 6.05. The molecule has 0 aromatic carbocycles. The van der Waals surface area contributed by atoms with Crippen molar-refractivity contribution in [3.63, 3.8) is 0 Å². The van der Waals surface area contributed by atoms with Crippen molar-refractivity contribution in [1.82, 2.24) is 0 Å². The van der Waals surface area contributed by atoms with Gasteiger partial charge in [-0.3, -0.25) is 4.79 Å². The maximum atomic E-state index is 12.0. The normalized spacial score (nSPS) is 20.0. The Hall–Kier alpha value is -0.630. The van der Waals surface area contributed by atoms with E-state index in [1.54, 1.807) is 7.11 Å². The number of hydrogen-bond donors (Lipinski definition) is 0. The number of ether oxygens (including phenoxy) is 1. The van der Waals surface area contributed by atoms with Gasteiger partial charge >= 0.3 is 0 Å². The van der Waals surface area contributed by atoms with Gasteiger partial charge in [-0.15, -0.1) is 0 Å². The molecule has 1 aliphatic carbocycles. The number of rotatable bonds is 4. The van der Waals surface area contributed by atoms with Crippen molar-refractivity contribution in [3.05, 3.63) is 11.6 Å². The van der Waals surface area contributed by atoms with Crippen LogP contribution in [0.4, 0.5) is 0 Å². The summed E-state index contributed by atoms with van der Waals surface area (Å²) in [6.45, 7) is 2.00. The summed E-state index contributed by atoms with van der Waals surface area (Å²) < 4.78 is 5.20. The zero-order valence-corrected chi connectivity index (χ0v) is 9.92. The van der Waals surface area contributed by atoms with Crippen molar-refractivity contribution in [3.8, 4) is 0 Å². The molecule has 0 amide bonds. The fourth-order valence-electron chi connectivity index (χ4n) is 2.08. The molecule has 1 unspecified atom stereocenters. The molecule has 0 radical (unpaired) electrons.